The summed E-state index contributed by atoms with van der Waals surface area (Å²) in [6, 6.07) is 11.0. The SMILES string of the molecule is N#Cc1ccc([C@@H](C(=O)O)N2CC[C@@H](OCCCCc3ccc4c(n3)CCCN4)C2)c(C2CCCCO2)c1. The Hall–Kier alpha value is -2.99. The molecule has 4 heterocycles. The molecule has 0 radical (unpaired) electrons. The van der Waals surface area contributed by atoms with Gasteiger partial charge in [0.15, 0.2) is 0 Å². The number of pyridine rings is 1. The number of carboxylic acid groups (broad SMARTS) is 1. The molecule has 2 N–H and O–H groups in total. The maximum Gasteiger partial charge on any atom is 0.325 e. The zero-order valence-corrected chi connectivity index (χ0v) is 22.0. The number of hydrogen-bond acceptors (Lipinski definition) is 7. The molecule has 1 aromatic carbocycles. The maximum absolute atomic E-state index is 12.5. The summed E-state index contributed by atoms with van der Waals surface area (Å²) in [6.45, 7) is 3.61. The van der Waals surface area contributed by atoms with Crippen molar-refractivity contribution in [2.24, 2.45) is 0 Å². The number of aromatic nitrogens is 1. The number of anilines is 1. The quantitative estimate of drug-likeness (QED) is 0.432. The van der Waals surface area contributed by atoms with E-state index in [0.717, 1.165) is 81.2 Å². The van der Waals surface area contributed by atoms with Gasteiger partial charge in [-0.2, -0.15) is 5.26 Å². The maximum atomic E-state index is 12.5. The van der Waals surface area contributed by atoms with Gasteiger partial charge in [0, 0.05) is 38.5 Å². The van der Waals surface area contributed by atoms with Crippen LogP contribution in [0, 0.1) is 11.3 Å². The molecule has 38 heavy (non-hydrogen) atoms. The summed E-state index contributed by atoms with van der Waals surface area (Å²) in [5.74, 6) is -0.875. The molecule has 2 aromatic rings. The second kappa shape index (κ2) is 12.7. The van der Waals surface area contributed by atoms with Gasteiger partial charge in [-0.15, -0.1) is 0 Å². The normalized spacial score (nSPS) is 22.3. The number of nitriles is 1. The van der Waals surface area contributed by atoms with E-state index in [1.807, 2.05) is 17.0 Å². The number of hydrogen-bond donors (Lipinski definition) is 2. The third kappa shape index (κ3) is 6.35. The lowest BCUT2D eigenvalue weighted by atomic mass is 9.90. The minimum atomic E-state index is -0.875. The Labute approximate surface area is 225 Å². The summed E-state index contributed by atoms with van der Waals surface area (Å²) in [4.78, 5) is 19.3. The van der Waals surface area contributed by atoms with Crippen LogP contribution in [-0.4, -0.2) is 59.9 Å². The van der Waals surface area contributed by atoms with Crippen molar-refractivity contribution >= 4 is 11.7 Å². The first kappa shape index (κ1) is 26.6. The molecule has 1 unspecified atom stereocenters. The predicted molar refractivity (Wildman–Crippen MR) is 144 cm³/mol. The van der Waals surface area contributed by atoms with E-state index in [4.69, 9.17) is 14.5 Å². The summed E-state index contributed by atoms with van der Waals surface area (Å²) in [5, 5.41) is 23.1. The molecule has 0 bridgehead atoms. The Bertz CT molecular complexity index is 1160. The number of unbranched alkanes of at least 4 members (excludes halogenated alkanes) is 1. The highest BCUT2D eigenvalue weighted by molar-refractivity contribution is 5.76. The molecule has 1 aromatic heterocycles. The van der Waals surface area contributed by atoms with E-state index in [-0.39, 0.29) is 12.2 Å². The highest BCUT2D eigenvalue weighted by Crippen LogP contribution is 2.37. The van der Waals surface area contributed by atoms with Crippen LogP contribution in [0.15, 0.2) is 30.3 Å². The van der Waals surface area contributed by atoms with Crippen LogP contribution in [-0.2, 0) is 27.1 Å². The molecule has 2 fully saturated rings. The second-order valence-electron chi connectivity index (χ2n) is 10.6. The van der Waals surface area contributed by atoms with Gasteiger partial charge in [0.25, 0.3) is 0 Å². The fourth-order valence-electron chi connectivity index (χ4n) is 5.94. The summed E-state index contributed by atoms with van der Waals surface area (Å²) in [5.41, 5.74) is 5.61. The topological polar surface area (TPSA) is 108 Å². The van der Waals surface area contributed by atoms with E-state index in [9.17, 15) is 15.2 Å². The molecule has 202 valence electrons. The van der Waals surface area contributed by atoms with E-state index < -0.39 is 12.0 Å². The number of aryl methyl sites for hydroxylation is 2. The minimum absolute atomic E-state index is 0.0255. The molecular weight excluding hydrogens is 480 g/mol. The monoisotopic (exact) mass is 518 g/mol. The highest BCUT2D eigenvalue weighted by Gasteiger charge is 2.36. The van der Waals surface area contributed by atoms with Gasteiger partial charge in [-0.3, -0.25) is 14.7 Å². The van der Waals surface area contributed by atoms with Crippen LogP contribution in [0.3, 0.4) is 0 Å². The third-order valence-electron chi connectivity index (χ3n) is 7.93. The van der Waals surface area contributed by atoms with Crippen LogP contribution in [0.4, 0.5) is 5.69 Å². The van der Waals surface area contributed by atoms with Crippen molar-refractivity contribution < 1.29 is 19.4 Å². The minimum Gasteiger partial charge on any atom is -0.480 e. The van der Waals surface area contributed by atoms with Crippen molar-refractivity contribution in [2.75, 3.05) is 38.2 Å². The lowest BCUT2D eigenvalue weighted by Crippen LogP contribution is -2.34. The number of nitrogens with one attached hydrogen (secondary N) is 1. The van der Waals surface area contributed by atoms with Crippen molar-refractivity contribution in [3.63, 3.8) is 0 Å². The Kier molecular flexibility index (Phi) is 8.90. The van der Waals surface area contributed by atoms with E-state index in [2.05, 4.69) is 23.5 Å². The number of fused-ring (bicyclic) bond motifs is 1. The van der Waals surface area contributed by atoms with Crippen molar-refractivity contribution in [3.8, 4) is 6.07 Å². The molecule has 3 atom stereocenters. The standard InChI is InChI=1S/C30H38N4O4/c31-19-21-9-11-24(25(18-21)28-8-2-4-17-38-28)29(30(35)36)34-15-13-23(20-34)37-16-3-1-6-22-10-12-26-27(33-22)7-5-14-32-26/h9-12,18,23,28-29,32H,1-8,13-17,20H2,(H,35,36)/t23-,28?,29+/m1/s1. The number of likely N-dealkylation sites (tertiary alicyclic amines) is 1. The van der Waals surface area contributed by atoms with Crippen LogP contribution in [0.1, 0.15) is 85.2 Å². The highest BCUT2D eigenvalue weighted by atomic mass is 16.5. The van der Waals surface area contributed by atoms with Crippen LogP contribution in [0.5, 0.6) is 0 Å². The van der Waals surface area contributed by atoms with E-state index in [1.165, 1.54) is 11.4 Å². The van der Waals surface area contributed by atoms with Gasteiger partial charge in [0.05, 0.1) is 35.2 Å². The smallest absolute Gasteiger partial charge is 0.325 e. The fraction of sp³-hybridized carbons (Fsp3) is 0.567. The first-order chi connectivity index (χ1) is 18.6. The van der Waals surface area contributed by atoms with Crippen LogP contribution in [0.2, 0.25) is 0 Å². The van der Waals surface area contributed by atoms with Crippen LogP contribution in [0.25, 0.3) is 0 Å². The fourth-order valence-corrected chi connectivity index (χ4v) is 5.94. The molecule has 8 nitrogen and oxygen atoms in total. The lowest BCUT2D eigenvalue weighted by Gasteiger charge is -2.30. The van der Waals surface area contributed by atoms with Crippen LogP contribution < -0.4 is 5.32 Å². The molecule has 0 amide bonds. The number of benzene rings is 1. The Balaban J connectivity index is 1.15. The van der Waals surface area contributed by atoms with Gasteiger partial charge in [0.1, 0.15) is 6.04 Å². The van der Waals surface area contributed by atoms with E-state index >= 15 is 0 Å². The van der Waals surface area contributed by atoms with Gasteiger partial charge in [-0.05, 0) is 93.2 Å². The largest absolute Gasteiger partial charge is 0.480 e. The molecular formula is C30H38N4O4. The van der Waals surface area contributed by atoms with Crippen molar-refractivity contribution in [1.29, 1.82) is 5.26 Å². The molecule has 2 saturated heterocycles. The number of carbonyl (C=O) groups is 1. The second-order valence-corrected chi connectivity index (χ2v) is 10.6. The summed E-state index contributed by atoms with van der Waals surface area (Å²) in [6.07, 6.45) is 8.67. The van der Waals surface area contributed by atoms with Gasteiger partial charge in [-0.25, -0.2) is 0 Å². The number of aliphatic carboxylic acids is 1. The Morgan fingerprint density at radius 1 is 1.24 bits per heavy atom. The molecule has 5 rings (SSSR count). The Morgan fingerprint density at radius 3 is 2.97 bits per heavy atom. The molecule has 3 aliphatic rings. The molecule has 0 saturated carbocycles. The van der Waals surface area contributed by atoms with E-state index in [1.54, 1.807) is 6.07 Å². The zero-order valence-electron chi connectivity index (χ0n) is 22.0. The van der Waals surface area contributed by atoms with Gasteiger partial charge >= 0.3 is 5.97 Å². The van der Waals surface area contributed by atoms with E-state index in [0.29, 0.717) is 31.9 Å². The summed E-state index contributed by atoms with van der Waals surface area (Å²) >= 11 is 0. The van der Waals surface area contributed by atoms with Crippen molar-refractivity contribution in [1.82, 2.24) is 9.88 Å². The predicted octanol–water partition coefficient (Wildman–Crippen LogP) is 4.79. The summed E-state index contributed by atoms with van der Waals surface area (Å²) in [7, 11) is 0. The number of rotatable bonds is 10. The number of ether oxygens (including phenoxy) is 2. The molecule has 8 heteroatoms. The van der Waals surface area contributed by atoms with Crippen molar-refractivity contribution in [2.45, 2.75) is 76.0 Å². The lowest BCUT2D eigenvalue weighted by molar-refractivity contribution is -0.143. The van der Waals surface area contributed by atoms with Crippen molar-refractivity contribution in [3.05, 3.63) is 58.4 Å². The average molecular weight is 519 g/mol. The average Bonchev–Trinajstić information content (AvgIpc) is 3.41. The first-order valence-corrected chi connectivity index (χ1v) is 14.1. The summed E-state index contributed by atoms with van der Waals surface area (Å²) < 4.78 is 12.2. The van der Waals surface area contributed by atoms with Gasteiger partial charge in [-0.1, -0.05) is 6.07 Å². The third-order valence-corrected chi connectivity index (χ3v) is 7.93. The number of nitrogens with zero attached hydrogens (tertiary/aromatic N) is 3. The Morgan fingerprint density at radius 2 is 2.16 bits per heavy atom. The number of carboxylic acids is 1. The molecule has 0 spiro atoms. The van der Waals surface area contributed by atoms with Gasteiger partial charge in [0.2, 0.25) is 0 Å². The zero-order chi connectivity index (χ0) is 26.3. The molecule has 3 aliphatic heterocycles. The molecule has 0 aliphatic carbocycles. The first-order valence-electron chi connectivity index (χ1n) is 14.1. The van der Waals surface area contributed by atoms with Crippen LogP contribution >= 0.6 is 0 Å². The van der Waals surface area contributed by atoms with Gasteiger partial charge < -0.3 is 19.9 Å².